The zero-order valence-corrected chi connectivity index (χ0v) is 47.2. The molecule has 0 N–H and O–H groups in total. The molecule has 1 atom stereocenters. The second-order valence-corrected chi connectivity index (χ2v) is 18.1. The fourth-order valence-electron chi connectivity index (χ4n) is 6.83. The topological polar surface area (TPSA) is 78.9 Å². The van der Waals surface area contributed by atoms with Crippen molar-refractivity contribution in [2.45, 2.75) is 207 Å². The Kier molecular flexibility index (Phi) is 56.1. The van der Waals surface area contributed by atoms with E-state index >= 15 is 0 Å². The van der Waals surface area contributed by atoms with Crippen LogP contribution >= 0.6 is 0 Å². The van der Waals surface area contributed by atoms with Gasteiger partial charge in [0.2, 0.25) is 0 Å². The molecule has 0 aliphatic rings. The van der Waals surface area contributed by atoms with Gasteiger partial charge in [-0.15, -0.1) is 0 Å². The van der Waals surface area contributed by atoms with Crippen LogP contribution in [-0.2, 0) is 28.6 Å². The van der Waals surface area contributed by atoms with Crippen molar-refractivity contribution in [3.63, 3.8) is 0 Å². The molecular formula is C69H102O6. The Bertz CT molecular complexity index is 1850. The van der Waals surface area contributed by atoms with Gasteiger partial charge >= 0.3 is 17.9 Å². The fourth-order valence-corrected chi connectivity index (χ4v) is 6.83. The van der Waals surface area contributed by atoms with Crippen molar-refractivity contribution in [2.75, 3.05) is 13.2 Å². The van der Waals surface area contributed by atoms with Gasteiger partial charge in [-0.2, -0.15) is 0 Å². The number of carbonyl (C=O) groups is 3. The van der Waals surface area contributed by atoms with Crippen LogP contribution in [0.3, 0.4) is 0 Å². The minimum Gasteiger partial charge on any atom is -0.462 e. The van der Waals surface area contributed by atoms with Gasteiger partial charge in [-0.05, 0) is 141 Å². The van der Waals surface area contributed by atoms with E-state index in [0.717, 1.165) is 116 Å². The predicted octanol–water partition coefficient (Wildman–Crippen LogP) is 19.9. The van der Waals surface area contributed by atoms with Gasteiger partial charge in [0.1, 0.15) is 13.2 Å². The van der Waals surface area contributed by atoms with E-state index in [9.17, 15) is 14.4 Å². The standard InChI is InChI=1S/C69H102O6/c1-4-7-10-13-16-19-22-25-28-31-34-37-40-43-46-49-52-55-58-61-67(70)73-64-66(75-69(72)63-60-57-54-51-48-45-42-39-36-33-30-27-24-21-18-15-12-9-6-3)65-74-68(71)62-59-56-53-50-47-44-41-38-35-32-29-26-23-20-17-14-11-8-5-2/h7,9-10,12,16-21,25-30,34-39,43-48,52-53,55-56,66H,4-6,8,11,13-15,22-24,31-33,40-42,49-51,54,57-65H2,1-3H3/b10-7-,12-9-,19-16-,20-17-,21-18-,28-25-,29-26-,30-27-,37-34-,38-35-,39-36-,46-43-,47-44-,48-45-,55-52-,56-53-/t66-/m1/s1. The second kappa shape index (κ2) is 60.8. The SMILES string of the molecule is CC/C=C\C/C=C\C/C=C\C/C=C\C/C=C\C/C=C\CCC(=O)OC[C@H](COC(=O)CC/C=C\C/C=C\C/C=C\C/C=C\C/C=C\CCCCC)OC(=O)CCCCC/C=C\C/C=C\C/C=C\C/C=C\C/C=C\CC. The summed E-state index contributed by atoms with van der Waals surface area (Å²) in [5, 5.41) is 0. The van der Waals surface area contributed by atoms with Crippen LogP contribution in [0.15, 0.2) is 194 Å². The van der Waals surface area contributed by atoms with Gasteiger partial charge in [0, 0.05) is 19.3 Å². The van der Waals surface area contributed by atoms with Gasteiger partial charge in [0.05, 0.1) is 0 Å². The van der Waals surface area contributed by atoms with E-state index in [0.29, 0.717) is 19.3 Å². The van der Waals surface area contributed by atoms with Crippen molar-refractivity contribution in [3.05, 3.63) is 194 Å². The Hall–Kier alpha value is -5.75. The van der Waals surface area contributed by atoms with Crippen LogP contribution in [0.4, 0.5) is 0 Å². The summed E-state index contributed by atoms with van der Waals surface area (Å²) in [7, 11) is 0. The highest BCUT2D eigenvalue weighted by atomic mass is 16.6. The summed E-state index contributed by atoms with van der Waals surface area (Å²) in [5.74, 6) is -1.17. The summed E-state index contributed by atoms with van der Waals surface area (Å²) >= 11 is 0. The van der Waals surface area contributed by atoms with Crippen molar-refractivity contribution in [1.82, 2.24) is 0 Å². The molecule has 0 aromatic carbocycles. The first-order valence-corrected chi connectivity index (χ1v) is 28.9. The summed E-state index contributed by atoms with van der Waals surface area (Å²) in [6.45, 7) is 6.20. The van der Waals surface area contributed by atoms with Crippen LogP contribution in [0.2, 0.25) is 0 Å². The van der Waals surface area contributed by atoms with Crippen molar-refractivity contribution in [2.24, 2.45) is 0 Å². The lowest BCUT2D eigenvalue weighted by atomic mass is 10.1. The first-order valence-electron chi connectivity index (χ1n) is 28.9. The largest absolute Gasteiger partial charge is 0.462 e. The fraction of sp³-hybridized carbons (Fsp3) is 0.493. The molecule has 0 unspecified atom stereocenters. The summed E-state index contributed by atoms with van der Waals surface area (Å²) in [6, 6.07) is 0. The van der Waals surface area contributed by atoms with E-state index in [1.54, 1.807) is 0 Å². The molecule has 0 bridgehead atoms. The van der Waals surface area contributed by atoms with Gasteiger partial charge in [-0.1, -0.05) is 234 Å². The molecule has 0 spiro atoms. The number of rotatable bonds is 49. The molecule has 0 radical (unpaired) electrons. The smallest absolute Gasteiger partial charge is 0.306 e. The Morgan fingerprint density at radius 3 is 0.840 bits per heavy atom. The highest BCUT2D eigenvalue weighted by Crippen LogP contribution is 2.10. The lowest BCUT2D eigenvalue weighted by Crippen LogP contribution is -2.30. The van der Waals surface area contributed by atoms with Gasteiger partial charge in [0.25, 0.3) is 0 Å². The van der Waals surface area contributed by atoms with E-state index in [1.807, 2.05) is 24.3 Å². The summed E-state index contributed by atoms with van der Waals surface area (Å²) in [4.78, 5) is 38.1. The third-order valence-electron chi connectivity index (χ3n) is 11.1. The normalized spacial score (nSPS) is 13.6. The molecule has 0 aromatic rings. The molecule has 0 aliphatic carbocycles. The number of hydrogen-bond acceptors (Lipinski definition) is 6. The molecule has 0 saturated heterocycles. The highest BCUT2D eigenvalue weighted by molar-refractivity contribution is 5.71. The van der Waals surface area contributed by atoms with Gasteiger partial charge in [-0.25, -0.2) is 0 Å². The molecule has 0 fully saturated rings. The average Bonchev–Trinajstić information content (AvgIpc) is 3.41. The predicted molar refractivity (Wildman–Crippen MR) is 324 cm³/mol. The van der Waals surface area contributed by atoms with E-state index in [1.165, 1.54) is 25.7 Å². The molecule has 0 rings (SSSR count). The molecule has 6 heteroatoms. The number of unbranched alkanes of at least 4 members (excludes halogenated alkanes) is 6. The zero-order chi connectivity index (χ0) is 54.3. The Morgan fingerprint density at radius 2 is 0.547 bits per heavy atom. The van der Waals surface area contributed by atoms with Gasteiger partial charge in [-0.3, -0.25) is 14.4 Å². The molecule has 0 aromatic heterocycles. The molecule has 0 saturated carbocycles. The zero-order valence-electron chi connectivity index (χ0n) is 47.2. The summed E-state index contributed by atoms with van der Waals surface area (Å²) in [6.07, 6.45) is 93.0. The molecule has 0 heterocycles. The molecule has 0 amide bonds. The molecule has 6 nitrogen and oxygen atoms in total. The van der Waals surface area contributed by atoms with E-state index in [4.69, 9.17) is 14.2 Å². The first kappa shape index (κ1) is 69.2. The average molecular weight is 1030 g/mol. The van der Waals surface area contributed by atoms with Crippen molar-refractivity contribution in [1.29, 1.82) is 0 Å². The maximum atomic E-state index is 12.9. The molecule has 75 heavy (non-hydrogen) atoms. The lowest BCUT2D eigenvalue weighted by molar-refractivity contribution is -0.166. The maximum absolute atomic E-state index is 12.9. The minimum absolute atomic E-state index is 0.166. The second-order valence-electron chi connectivity index (χ2n) is 18.1. The van der Waals surface area contributed by atoms with E-state index in [-0.39, 0.29) is 38.4 Å². The summed E-state index contributed by atoms with van der Waals surface area (Å²) < 4.78 is 16.7. The number of esters is 3. The van der Waals surface area contributed by atoms with Crippen molar-refractivity contribution in [3.8, 4) is 0 Å². The number of allylic oxidation sites excluding steroid dienone is 32. The molecule has 414 valence electrons. The number of ether oxygens (including phenoxy) is 3. The van der Waals surface area contributed by atoms with Gasteiger partial charge in [0.15, 0.2) is 6.10 Å². The van der Waals surface area contributed by atoms with Crippen LogP contribution in [0.1, 0.15) is 201 Å². The minimum atomic E-state index is -0.870. The molecule has 0 aliphatic heterocycles. The van der Waals surface area contributed by atoms with Crippen molar-refractivity contribution >= 4 is 17.9 Å². The lowest BCUT2D eigenvalue weighted by Gasteiger charge is -2.18. The quantitative estimate of drug-likeness (QED) is 0.0261. The van der Waals surface area contributed by atoms with Crippen LogP contribution < -0.4 is 0 Å². The highest BCUT2D eigenvalue weighted by Gasteiger charge is 2.19. The van der Waals surface area contributed by atoms with Crippen LogP contribution in [0.25, 0.3) is 0 Å². The molecular weight excluding hydrogens is 925 g/mol. The summed E-state index contributed by atoms with van der Waals surface area (Å²) in [5.41, 5.74) is 0. The Morgan fingerprint density at radius 1 is 0.280 bits per heavy atom. The maximum Gasteiger partial charge on any atom is 0.306 e. The first-order chi connectivity index (χ1) is 37.0. The van der Waals surface area contributed by atoms with Gasteiger partial charge < -0.3 is 14.2 Å². The number of hydrogen-bond donors (Lipinski definition) is 0. The monoisotopic (exact) mass is 1030 g/mol. The van der Waals surface area contributed by atoms with Crippen molar-refractivity contribution < 1.29 is 28.6 Å². The Labute approximate surface area is 458 Å². The Balaban J connectivity index is 4.72. The van der Waals surface area contributed by atoms with Crippen LogP contribution in [0, 0.1) is 0 Å². The third kappa shape index (κ3) is 59.0. The van der Waals surface area contributed by atoms with E-state index < -0.39 is 18.0 Å². The van der Waals surface area contributed by atoms with E-state index in [2.05, 4.69) is 191 Å². The van der Waals surface area contributed by atoms with Crippen LogP contribution in [-0.4, -0.2) is 37.2 Å². The van der Waals surface area contributed by atoms with Crippen LogP contribution in [0.5, 0.6) is 0 Å². The third-order valence-corrected chi connectivity index (χ3v) is 11.1. The number of carbonyl (C=O) groups excluding carboxylic acids is 3.